The highest BCUT2D eigenvalue weighted by molar-refractivity contribution is 6.05. The van der Waals surface area contributed by atoms with Crippen molar-refractivity contribution in [2.45, 2.75) is 18.9 Å². The number of hydrogen-bond acceptors (Lipinski definition) is 6. The van der Waals surface area contributed by atoms with E-state index in [-0.39, 0.29) is 24.8 Å². The average molecular weight is 404 g/mol. The molecule has 0 saturated carbocycles. The monoisotopic (exact) mass is 404 g/mol. The minimum Gasteiger partial charge on any atom is -0.497 e. The molecule has 1 atom stereocenters. The SMILES string of the molecule is COc1ccc(CCN2C(=O)NC(CC(=O)NCCN3CCOCC3)C2=O)cc1. The summed E-state index contributed by atoms with van der Waals surface area (Å²) in [5.74, 6) is 0.157. The highest BCUT2D eigenvalue weighted by atomic mass is 16.5. The second-order valence-corrected chi connectivity index (χ2v) is 7.10. The van der Waals surface area contributed by atoms with Gasteiger partial charge in [-0.25, -0.2) is 4.79 Å². The number of hydrogen-bond donors (Lipinski definition) is 2. The van der Waals surface area contributed by atoms with Gasteiger partial charge in [0.25, 0.3) is 5.91 Å². The van der Waals surface area contributed by atoms with E-state index < -0.39 is 12.1 Å². The number of benzene rings is 1. The molecule has 2 heterocycles. The van der Waals surface area contributed by atoms with Crippen molar-refractivity contribution in [1.29, 1.82) is 0 Å². The van der Waals surface area contributed by atoms with Crippen LogP contribution in [0.1, 0.15) is 12.0 Å². The molecule has 0 spiro atoms. The molecule has 9 heteroatoms. The minimum absolute atomic E-state index is 0.0489. The molecule has 0 aromatic heterocycles. The number of nitrogens with zero attached hydrogens (tertiary/aromatic N) is 2. The van der Waals surface area contributed by atoms with E-state index in [1.165, 1.54) is 4.90 Å². The van der Waals surface area contributed by atoms with Gasteiger partial charge < -0.3 is 20.1 Å². The lowest BCUT2D eigenvalue weighted by molar-refractivity contribution is -0.130. The Morgan fingerprint density at radius 1 is 1.21 bits per heavy atom. The molecule has 2 fully saturated rings. The predicted molar refractivity (Wildman–Crippen MR) is 106 cm³/mol. The van der Waals surface area contributed by atoms with Gasteiger partial charge in [0.15, 0.2) is 0 Å². The fourth-order valence-corrected chi connectivity index (χ4v) is 3.40. The summed E-state index contributed by atoms with van der Waals surface area (Å²) in [5.41, 5.74) is 0.996. The zero-order valence-corrected chi connectivity index (χ0v) is 16.7. The van der Waals surface area contributed by atoms with Crippen molar-refractivity contribution < 1.29 is 23.9 Å². The number of nitrogens with one attached hydrogen (secondary N) is 2. The highest BCUT2D eigenvalue weighted by Crippen LogP contribution is 2.14. The second-order valence-electron chi connectivity index (χ2n) is 7.10. The number of ether oxygens (including phenoxy) is 2. The van der Waals surface area contributed by atoms with Gasteiger partial charge in [0.2, 0.25) is 5.91 Å². The largest absolute Gasteiger partial charge is 0.497 e. The highest BCUT2D eigenvalue weighted by Gasteiger charge is 2.38. The lowest BCUT2D eigenvalue weighted by atomic mass is 10.1. The van der Waals surface area contributed by atoms with Crippen molar-refractivity contribution >= 4 is 17.8 Å². The topological polar surface area (TPSA) is 100 Å². The summed E-state index contributed by atoms with van der Waals surface area (Å²) in [6.45, 7) is 4.66. The van der Waals surface area contributed by atoms with Gasteiger partial charge in [0.1, 0.15) is 11.8 Å². The van der Waals surface area contributed by atoms with Crippen LogP contribution in [0.4, 0.5) is 4.79 Å². The Labute approximate surface area is 170 Å². The maximum absolute atomic E-state index is 12.5. The van der Waals surface area contributed by atoms with Gasteiger partial charge in [-0.3, -0.25) is 19.4 Å². The molecule has 0 radical (unpaired) electrons. The summed E-state index contributed by atoms with van der Waals surface area (Å²) in [5, 5.41) is 5.43. The van der Waals surface area contributed by atoms with Gasteiger partial charge in [0, 0.05) is 32.7 Å². The molecule has 3 rings (SSSR count). The molecule has 29 heavy (non-hydrogen) atoms. The summed E-state index contributed by atoms with van der Waals surface area (Å²) in [6, 6.07) is 6.22. The number of carbonyl (C=O) groups excluding carboxylic acids is 3. The molecule has 1 unspecified atom stereocenters. The number of rotatable bonds is 9. The van der Waals surface area contributed by atoms with E-state index in [4.69, 9.17) is 9.47 Å². The maximum Gasteiger partial charge on any atom is 0.324 e. The summed E-state index contributed by atoms with van der Waals surface area (Å²) in [7, 11) is 1.60. The van der Waals surface area contributed by atoms with Crippen LogP contribution in [0.25, 0.3) is 0 Å². The Hall–Kier alpha value is -2.65. The third kappa shape index (κ3) is 5.91. The molecule has 2 saturated heterocycles. The number of methoxy groups -OCH3 is 1. The molecule has 2 aliphatic rings. The van der Waals surface area contributed by atoms with Crippen molar-refractivity contribution in [1.82, 2.24) is 20.4 Å². The van der Waals surface area contributed by atoms with Crippen LogP contribution in [0, 0.1) is 0 Å². The van der Waals surface area contributed by atoms with E-state index in [1.807, 2.05) is 24.3 Å². The van der Waals surface area contributed by atoms with E-state index in [9.17, 15) is 14.4 Å². The van der Waals surface area contributed by atoms with E-state index >= 15 is 0 Å². The zero-order chi connectivity index (χ0) is 20.6. The predicted octanol–water partition coefficient (Wildman–Crippen LogP) is -0.00340. The zero-order valence-electron chi connectivity index (χ0n) is 16.7. The van der Waals surface area contributed by atoms with Gasteiger partial charge in [-0.1, -0.05) is 12.1 Å². The standard InChI is InChI=1S/C20H28N4O5/c1-28-16-4-2-15(3-5-16)6-8-24-19(26)17(22-20(24)27)14-18(25)21-7-9-23-10-12-29-13-11-23/h2-5,17H,6-14H2,1H3,(H,21,25)(H,22,27). The fourth-order valence-electron chi connectivity index (χ4n) is 3.40. The van der Waals surface area contributed by atoms with Gasteiger partial charge >= 0.3 is 6.03 Å². The molecule has 2 aliphatic heterocycles. The summed E-state index contributed by atoms with van der Waals surface area (Å²) >= 11 is 0. The molecule has 4 amide bonds. The first kappa shape index (κ1) is 21.1. The lowest BCUT2D eigenvalue weighted by Gasteiger charge is -2.26. The molecule has 2 N–H and O–H groups in total. The molecule has 0 aliphatic carbocycles. The second kappa shape index (κ2) is 10.2. The number of amides is 4. The van der Waals surface area contributed by atoms with Crippen LogP contribution in [0.15, 0.2) is 24.3 Å². The summed E-state index contributed by atoms with van der Waals surface area (Å²) < 4.78 is 10.4. The quantitative estimate of drug-likeness (QED) is 0.562. The average Bonchev–Trinajstić information content (AvgIpc) is 3.00. The Bertz CT molecular complexity index is 718. The van der Waals surface area contributed by atoms with Crippen LogP contribution in [-0.4, -0.2) is 86.7 Å². The van der Waals surface area contributed by atoms with E-state index in [2.05, 4.69) is 15.5 Å². The van der Waals surface area contributed by atoms with Crippen molar-refractivity contribution in [2.24, 2.45) is 0 Å². The first-order valence-corrected chi connectivity index (χ1v) is 9.88. The Kier molecular flexibility index (Phi) is 7.42. The van der Waals surface area contributed by atoms with Crippen molar-refractivity contribution in [3.05, 3.63) is 29.8 Å². The maximum atomic E-state index is 12.5. The van der Waals surface area contributed by atoms with Crippen molar-refractivity contribution in [2.75, 3.05) is 53.0 Å². The molecular formula is C20H28N4O5. The van der Waals surface area contributed by atoms with Crippen molar-refractivity contribution in [3.63, 3.8) is 0 Å². The Balaban J connectivity index is 1.40. The molecule has 0 bridgehead atoms. The van der Waals surface area contributed by atoms with Gasteiger partial charge in [-0.15, -0.1) is 0 Å². The number of carbonyl (C=O) groups is 3. The molecule has 9 nitrogen and oxygen atoms in total. The molecular weight excluding hydrogens is 376 g/mol. The van der Waals surface area contributed by atoms with E-state index in [1.54, 1.807) is 7.11 Å². The normalized spacial score (nSPS) is 19.9. The third-order valence-corrected chi connectivity index (χ3v) is 5.13. The summed E-state index contributed by atoms with van der Waals surface area (Å²) in [4.78, 5) is 40.2. The molecule has 158 valence electrons. The van der Waals surface area contributed by atoms with Crippen LogP contribution >= 0.6 is 0 Å². The van der Waals surface area contributed by atoms with Crippen LogP contribution in [0.2, 0.25) is 0 Å². The smallest absolute Gasteiger partial charge is 0.324 e. The van der Waals surface area contributed by atoms with Crippen LogP contribution in [0.5, 0.6) is 5.75 Å². The number of morpholine rings is 1. The fraction of sp³-hybridized carbons (Fsp3) is 0.550. The van der Waals surface area contributed by atoms with E-state index in [0.717, 1.165) is 30.9 Å². The van der Waals surface area contributed by atoms with Crippen molar-refractivity contribution in [3.8, 4) is 5.75 Å². The van der Waals surface area contributed by atoms with Crippen LogP contribution in [0.3, 0.4) is 0 Å². The van der Waals surface area contributed by atoms with Gasteiger partial charge in [0.05, 0.1) is 26.7 Å². The van der Waals surface area contributed by atoms with Gasteiger partial charge in [-0.05, 0) is 24.1 Å². The molecule has 1 aromatic rings. The first-order chi connectivity index (χ1) is 14.1. The first-order valence-electron chi connectivity index (χ1n) is 9.88. The van der Waals surface area contributed by atoms with Gasteiger partial charge in [-0.2, -0.15) is 0 Å². The van der Waals surface area contributed by atoms with Crippen LogP contribution in [-0.2, 0) is 20.7 Å². The van der Waals surface area contributed by atoms with Crippen LogP contribution < -0.4 is 15.4 Å². The third-order valence-electron chi connectivity index (χ3n) is 5.13. The number of urea groups is 1. The van der Waals surface area contributed by atoms with E-state index in [0.29, 0.717) is 26.2 Å². The minimum atomic E-state index is -0.804. The Morgan fingerprint density at radius 2 is 1.93 bits per heavy atom. The Morgan fingerprint density at radius 3 is 2.62 bits per heavy atom. The number of imide groups is 1. The summed E-state index contributed by atoms with van der Waals surface area (Å²) in [6.07, 6.45) is 0.494. The lowest BCUT2D eigenvalue weighted by Crippen LogP contribution is -2.42. The molecule has 1 aromatic carbocycles.